The highest BCUT2D eigenvalue weighted by molar-refractivity contribution is 5.99. The van der Waals surface area contributed by atoms with Gasteiger partial charge in [0, 0.05) is 18.7 Å². The first-order valence-corrected chi connectivity index (χ1v) is 10.8. The highest BCUT2D eigenvalue weighted by Crippen LogP contribution is 2.22. The summed E-state index contributed by atoms with van der Waals surface area (Å²) in [6.07, 6.45) is 2.23. The highest BCUT2D eigenvalue weighted by atomic mass is 16.2. The van der Waals surface area contributed by atoms with Gasteiger partial charge in [0.05, 0.1) is 6.54 Å². The van der Waals surface area contributed by atoms with Crippen molar-refractivity contribution in [3.63, 3.8) is 0 Å². The average molecular weight is 421 g/mol. The van der Waals surface area contributed by atoms with Crippen molar-refractivity contribution in [3.05, 3.63) is 60.2 Å². The maximum atomic E-state index is 13.0. The summed E-state index contributed by atoms with van der Waals surface area (Å²) in [7, 11) is 0. The van der Waals surface area contributed by atoms with Crippen molar-refractivity contribution in [3.8, 4) is 11.1 Å². The van der Waals surface area contributed by atoms with Crippen LogP contribution in [0.1, 0.15) is 29.6 Å². The number of hydrogen-bond acceptors (Lipinski definition) is 4. The molecule has 31 heavy (non-hydrogen) atoms. The van der Waals surface area contributed by atoms with Gasteiger partial charge < -0.3 is 20.9 Å². The second-order valence-electron chi connectivity index (χ2n) is 8.09. The van der Waals surface area contributed by atoms with Crippen molar-refractivity contribution in [2.75, 3.05) is 26.2 Å². The zero-order valence-electron chi connectivity index (χ0n) is 17.5. The van der Waals surface area contributed by atoms with E-state index in [0.717, 1.165) is 24.0 Å². The van der Waals surface area contributed by atoms with Gasteiger partial charge in [0.15, 0.2) is 0 Å². The minimum atomic E-state index is -0.625. The molecule has 2 aromatic carbocycles. The largest absolute Gasteiger partial charge is 0.342 e. The normalized spacial score (nSPS) is 20.9. The number of carbonyl (C=O) groups is 3. The number of unbranched alkanes of at least 4 members (excludes halogenated alkanes) is 1. The molecule has 162 valence electrons. The average Bonchev–Trinajstić information content (AvgIpc) is 2.82. The van der Waals surface area contributed by atoms with Crippen molar-refractivity contribution in [2.24, 2.45) is 5.73 Å². The van der Waals surface area contributed by atoms with Gasteiger partial charge in [-0.15, -0.1) is 0 Å². The van der Waals surface area contributed by atoms with E-state index >= 15 is 0 Å². The van der Waals surface area contributed by atoms with Crippen LogP contribution >= 0.6 is 0 Å². The van der Waals surface area contributed by atoms with E-state index in [9.17, 15) is 14.4 Å². The molecule has 2 fully saturated rings. The number of piperazine rings is 2. The predicted octanol–water partition coefficient (Wildman–Crippen LogP) is 1.63. The molecule has 3 amide bonds. The van der Waals surface area contributed by atoms with E-state index < -0.39 is 12.1 Å². The van der Waals surface area contributed by atoms with Crippen molar-refractivity contribution < 1.29 is 14.4 Å². The minimum Gasteiger partial charge on any atom is -0.342 e. The summed E-state index contributed by atoms with van der Waals surface area (Å²) in [4.78, 5) is 41.8. The maximum absolute atomic E-state index is 13.0. The van der Waals surface area contributed by atoms with Crippen LogP contribution in [0.3, 0.4) is 0 Å². The van der Waals surface area contributed by atoms with Crippen LogP contribution in [-0.2, 0) is 9.59 Å². The minimum absolute atomic E-state index is 0.0547. The third kappa shape index (κ3) is 4.46. The fourth-order valence-corrected chi connectivity index (χ4v) is 4.29. The lowest BCUT2D eigenvalue weighted by Gasteiger charge is -2.45. The number of hydrogen-bond donors (Lipinski definition) is 2. The summed E-state index contributed by atoms with van der Waals surface area (Å²) >= 11 is 0. The lowest BCUT2D eigenvalue weighted by atomic mass is 9.99. The Kier molecular flexibility index (Phi) is 6.32. The number of nitrogens with one attached hydrogen (secondary N) is 1. The number of amides is 3. The van der Waals surface area contributed by atoms with Crippen molar-refractivity contribution in [1.29, 1.82) is 0 Å². The Balaban J connectivity index is 1.41. The number of nitrogens with two attached hydrogens (primary N) is 1. The van der Waals surface area contributed by atoms with E-state index in [0.29, 0.717) is 31.6 Å². The summed E-state index contributed by atoms with van der Waals surface area (Å²) in [6, 6.07) is 16.4. The molecule has 0 bridgehead atoms. The Labute approximate surface area is 182 Å². The van der Waals surface area contributed by atoms with Crippen LogP contribution in [0.5, 0.6) is 0 Å². The molecule has 2 heterocycles. The van der Waals surface area contributed by atoms with Gasteiger partial charge in [0.1, 0.15) is 12.1 Å². The SMILES string of the molecule is NCCCC[C@@H]1NC(=O)[C@H]2CN(C(=O)c3ccc(-c4ccccc4)cc3)CCN2C1=O. The van der Waals surface area contributed by atoms with Crippen LogP contribution in [0, 0.1) is 0 Å². The number of benzene rings is 2. The molecule has 2 aromatic rings. The molecule has 0 radical (unpaired) electrons. The highest BCUT2D eigenvalue weighted by Gasteiger charge is 2.44. The van der Waals surface area contributed by atoms with E-state index in [1.54, 1.807) is 9.80 Å². The topological polar surface area (TPSA) is 95.7 Å². The molecule has 0 saturated carbocycles. The Morgan fingerprint density at radius 1 is 0.968 bits per heavy atom. The fourth-order valence-electron chi connectivity index (χ4n) is 4.29. The van der Waals surface area contributed by atoms with Gasteiger partial charge in [-0.05, 0) is 49.1 Å². The number of fused-ring (bicyclic) bond motifs is 1. The van der Waals surface area contributed by atoms with E-state index in [1.165, 1.54) is 0 Å². The van der Waals surface area contributed by atoms with Crippen LogP contribution in [-0.4, -0.2) is 65.8 Å². The van der Waals surface area contributed by atoms with Crippen LogP contribution in [0.2, 0.25) is 0 Å². The van der Waals surface area contributed by atoms with Gasteiger partial charge in [-0.2, -0.15) is 0 Å². The zero-order valence-corrected chi connectivity index (χ0v) is 17.5. The molecule has 3 N–H and O–H groups in total. The van der Waals surface area contributed by atoms with E-state index in [-0.39, 0.29) is 24.3 Å². The summed E-state index contributed by atoms with van der Waals surface area (Å²) < 4.78 is 0. The summed E-state index contributed by atoms with van der Waals surface area (Å²) in [6.45, 7) is 1.58. The van der Waals surface area contributed by atoms with Crippen LogP contribution < -0.4 is 11.1 Å². The van der Waals surface area contributed by atoms with Gasteiger partial charge in [-0.3, -0.25) is 14.4 Å². The molecule has 7 heteroatoms. The van der Waals surface area contributed by atoms with Crippen molar-refractivity contribution in [1.82, 2.24) is 15.1 Å². The molecule has 2 saturated heterocycles. The Hall–Kier alpha value is -3.19. The molecular formula is C24H28N4O3. The number of nitrogens with zero attached hydrogens (tertiary/aromatic N) is 2. The van der Waals surface area contributed by atoms with Crippen LogP contribution in [0.15, 0.2) is 54.6 Å². The smallest absolute Gasteiger partial charge is 0.253 e. The lowest BCUT2D eigenvalue weighted by Crippen LogP contribution is -2.69. The van der Waals surface area contributed by atoms with Crippen LogP contribution in [0.4, 0.5) is 0 Å². The van der Waals surface area contributed by atoms with Gasteiger partial charge in [-0.25, -0.2) is 0 Å². The quantitative estimate of drug-likeness (QED) is 0.695. The monoisotopic (exact) mass is 420 g/mol. The molecular weight excluding hydrogens is 392 g/mol. The third-order valence-corrected chi connectivity index (χ3v) is 6.05. The summed E-state index contributed by atoms with van der Waals surface area (Å²) in [5.41, 5.74) is 8.23. The second kappa shape index (κ2) is 9.31. The lowest BCUT2D eigenvalue weighted by molar-refractivity contribution is -0.152. The standard InChI is InChI=1S/C24H28N4O3/c25-13-5-4-8-20-24(31)28-15-14-27(16-21(28)22(29)26-20)23(30)19-11-9-18(10-12-19)17-6-2-1-3-7-17/h1-3,6-7,9-12,20-21H,4-5,8,13-16,25H2,(H,26,29)/t20-,21+/m0/s1. The van der Waals surface area contributed by atoms with Gasteiger partial charge in [0.2, 0.25) is 11.8 Å². The summed E-state index contributed by atoms with van der Waals surface area (Å²) in [5, 5.41) is 2.84. The Morgan fingerprint density at radius 3 is 2.39 bits per heavy atom. The first kappa shape index (κ1) is 21.1. The molecule has 0 unspecified atom stereocenters. The predicted molar refractivity (Wildman–Crippen MR) is 118 cm³/mol. The first-order valence-electron chi connectivity index (χ1n) is 10.8. The molecule has 0 aromatic heterocycles. The Morgan fingerprint density at radius 2 is 1.68 bits per heavy atom. The van der Waals surface area contributed by atoms with E-state index in [1.807, 2.05) is 54.6 Å². The van der Waals surface area contributed by atoms with Crippen molar-refractivity contribution in [2.45, 2.75) is 31.3 Å². The molecule has 2 aliphatic rings. The molecule has 0 spiro atoms. The number of carbonyl (C=O) groups excluding carboxylic acids is 3. The van der Waals surface area contributed by atoms with Crippen LogP contribution in [0.25, 0.3) is 11.1 Å². The molecule has 0 aliphatic carbocycles. The maximum Gasteiger partial charge on any atom is 0.253 e. The van der Waals surface area contributed by atoms with E-state index in [2.05, 4.69) is 5.32 Å². The summed E-state index contributed by atoms with van der Waals surface area (Å²) in [5.74, 6) is -0.361. The third-order valence-electron chi connectivity index (χ3n) is 6.05. The van der Waals surface area contributed by atoms with Gasteiger partial charge in [-0.1, -0.05) is 42.5 Å². The number of rotatable bonds is 6. The van der Waals surface area contributed by atoms with E-state index in [4.69, 9.17) is 5.73 Å². The molecule has 4 rings (SSSR count). The van der Waals surface area contributed by atoms with Gasteiger partial charge in [0.25, 0.3) is 5.91 Å². The molecule has 2 aliphatic heterocycles. The van der Waals surface area contributed by atoms with Crippen molar-refractivity contribution >= 4 is 17.7 Å². The second-order valence-corrected chi connectivity index (χ2v) is 8.09. The van der Waals surface area contributed by atoms with Gasteiger partial charge >= 0.3 is 0 Å². The zero-order chi connectivity index (χ0) is 21.8. The molecule has 7 nitrogen and oxygen atoms in total. The molecule has 2 atom stereocenters. The Bertz CT molecular complexity index is 945. The first-order chi connectivity index (χ1) is 15.1. The fraction of sp³-hybridized carbons (Fsp3) is 0.375.